The van der Waals surface area contributed by atoms with E-state index in [0.29, 0.717) is 0 Å². The van der Waals surface area contributed by atoms with Gasteiger partial charge in [0.2, 0.25) is 11.8 Å². The van der Waals surface area contributed by atoms with Gasteiger partial charge in [0.15, 0.2) is 0 Å². The Morgan fingerprint density at radius 1 is 0.542 bits per heavy atom. The zero-order valence-electron chi connectivity index (χ0n) is 10.4. The molecule has 144 valence electrons. The van der Waals surface area contributed by atoms with Crippen LogP contribution in [0.15, 0.2) is 11.8 Å². The summed E-state index contributed by atoms with van der Waals surface area (Å²) < 4.78 is 177. The number of nitrogens with two attached hydrogens (primary N) is 2. The average molecular weight is 394 g/mol. The van der Waals surface area contributed by atoms with Crippen LogP contribution in [0.2, 0.25) is 0 Å². The molecular formula is C8H4F14N2. The van der Waals surface area contributed by atoms with E-state index in [-0.39, 0.29) is 0 Å². The van der Waals surface area contributed by atoms with Crippen molar-refractivity contribution in [3.63, 3.8) is 0 Å². The Morgan fingerprint density at radius 3 is 1.08 bits per heavy atom. The third-order valence-corrected chi connectivity index (χ3v) is 2.48. The lowest BCUT2D eigenvalue weighted by Crippen LogP contribution is -2.72. The van der Waals surface area contributed by atoms with Crippen LogP contribution in [0, 0.1) is 0 Å². The minimum Gasteiger partial charge on any atom is -0.373 e. The lowest BCUT2D eigenvalue weighted by molar-refractivity contribution is -0.421. The highest BCUT2D eigenvalue weighted by molar-refractivity contribution is 5.19. The van der Waals surface area contributed by atoms with E-state index in [4.69, 9.17) is 0 Å². The van der Waals surface area contributed by atoms with Gasteiger partial charge in [0, 0.05) is 0 Å². The highest BCUT2D eigenvalue weighted by atomic mass is 19.4. The number of hydrogen-bond acceptors (Lipinski definition) is 2. The van der Waals surface area contributed by atoms with E-state index < -0.39 is 47.4 Å². The highest BCUT2D eigenvalue weighted by Gasteiger charge is 2.90. The van der Waals surface area contributed by atoms with Crippen molar-refractivity contribution in [1.29, 1.82) is 0 Å². The van der Waals surface area contributed by atoms with Crippen molar-refractivity contribution < 1.29 is 61.5 Å². The first-order valence-corrected chi connectivity index (χ1v) is 4.97. The van der Waals surface area contributed by atoms with Gasteiger partial charge in [-0.2, -0.15) is 61.5 Å². The summed E-state index contributed by atoms with van der Waals surface area (Å²) >= 11 is 0. The molecule has 0 saturated heterocycles. The van der Waals surface area contributed by atoms with Crippen LogP contribution in [0.3, 0.4) is 0 Å². The number of hydrogen-bond donors (Lipinski definition) is 2. The molecule has 4 N–H and O–H groups in total. The summed E-state index contributed by atoms with van der Waals surface area (Å²) in [5.41, 5.74) is 6.79. The molecule has 0 aliphatic rings. The Bertz CT molecular complexity index is 511. The van der Waals surface area contributed by atoms with Crippen LogP contribution in [-0.4, -0.2) is 35.7 Å². The van der Waals surface area contributed by atoms with Gasteiger partial charge in [-0.25, -0.2) is 0 Å². The Hall–Kier alpha value is -1.48. The summed E-state index contributed by atoms with van der Waals surface area (Å²) in [6.45, 7) is 0. The predicted molar refractivity (Wildman–Crippen MR) is 47.3 cm³/mol. The van der Waals surface area contributed by atoms with Crippen LogP contribution >= 0.6 is 0 Å². The fourth-order valence-electron chi connectivity index (χ4n) is 1.09. The van der Waals surface area contributed by atoms with E-state index in [0.717, 1.165) is 0 Å². The molecule has 0 amide bonds. The number of allylic oxidation sites excluding steroid dienone is 1. The fourth-order valence-corrected chi connectivity index (χ4v) is 1.09. The smallest absolute Gasteiger partial charge is 0.373 e. The van der Waals surface area contributed by atoms with Crippen molar-refractivity contribution in [3.8, 4) is 0 Å². The Labute approximate surface area is 122 Å². The van der Waals surface area contributed by atoms with Crippen LogP contribution in [0.4, 0.5) is 61.5 Å². The summed E-state index contributed by atoms with van der Waals surface area (Å²) in [6, 6.07) is -6.58. The van der Waals surface area contributed by atoms with Crippen molar-refractivity contribution in [2.24, 2.45) is 11.5 Å². The van der Waals surface area contributed by atoms with Crippen LogP contribution in [0.1, 0.15) is 0 Å². The van der Waals surface area contributed by atoms with Crippen molar-refractivity contribution >= 4 is 0 Å². The summed E-state index contributed by atoms with van der Waals surface area (Å²) in [7, 11) is 0. The molecule has 0 heterocycles. The Balaban J connectivity index is 6.47. The Morgan fingerprint density at radius 2 is 0.833 bits per heavy atom. The topological polar surface area (TPSA) is 52.0 Å². The lowest BCUT2D eigenvalue weighted by Gasteiger charge is -2.40. The molecule has 0 aromatic heterocycles. The van der Waals surface area contributed by atoms with Gasteiger partial charge in [-0.15, -0.1) is 0 Å². The van der Waals surface area contributed by atoms with Crippen LogP contribution in [-0.2, 0) is 0 Å². The van der Waals surface area contributed by atoms with Gasteiger partial charge in [-0.1, -0.05) is 0 Å². The molecule has 0 aliphatic carbocycles. The largest absolute Gasteiger partial charge is 0.392 e. The standard InChI is InChI=1S/C8H4F14N2/c9-1(2(10)23)3(11,12)4(13,14)5(15,16)6(17,18)7(19,20)8(21,22)24/h23-24H2. The number of rotatable bonds is 6. The monoisotopic (exact) mass is 394 g/mol. The maximum absolute atomic E-state index is 12.9. The second kappa shape index (κ2) is 5.52. The van der Waals surface area contributed by atoms with Gasteiger partial charge in [0.05, 0.1) is 0 Å². The zero-order valence-corrected chi connectivity index (χ0v) is 10.4. The summed E-state index contributed by atoms with van der Waals surface area (Å²) in [6.07, 6.45) is 0. The molecule has 0 aromatic rings. The molecule has 0 bridgehead atoms. The van der Waals surface area contributed by atoms with Gasteiger partial charge in [-0.3, -0.25) is 5.73 Å². The SMILES string of the molecule is NC(F)=C(F)C(F)(F)C(F)(F)C(F)(F)C(F)(F)C(F)(F)C(N)(F)F. The molecule has 0 atom stereocenters. The molecule has 0 aromatic carbocycles. The highest BCUT2D eigenvalue weighted by Crippen LogP contribution is 2.60. The fraction of sp³-hybridized carbons (Fsp3) is 0.750. The first-order chi connectivity index (χ1) is 10.1. The van der Waals surface area contributed by atoms with Crippen molar-refractivity contribution in [1.82, 2.24) is 0 Å². The molecule has 0 saturated carbocycles. The Kier molecular flexibility index (Phi) is 5.18. The van der Waals surface area contributed by atoms with Gasteiger partial charge in [0.25, 0.3) is 0 Å². The maximum atomic E-state index is 12.9. The van der Waals surface area contributed by atoms with E-state index in [1.54, 1.807) is 0 Å². The minimum atomic E-state index is -8.04. The first kappa shape index (κ1) is 22.5. The molecule has 0 radical (unpaired) electrons. The van der Waals surface area contributed by atoms with Crippen molar-refractivity contribution in [2.45, 2.75) is 35.7 Å². The van der Waals surface area contributed by atoms with E-state index in [9.17, 15) is 61.5 Å². The second-order valence-electron chi connectivity index (χ2n) is 4.16. The van der Waals surface area contributed by atoms with Gasteiger partial charge >= 0.3 is 35.7 Å². The third kappa shape index (κ3) is 2.73. The quantitative estimate of drug-likeness (QED) is 0.532. The molecule has 0 rings (SSSR count). The van der Waals surface area contributed by atoms with E-state index in [1.165, 1.54) is 0 Å². The second-order valence-corrected chi connectivity index (χ2v) is 4.16. The molecule has 0 fully saturated rings. The number of alkyl halides is 12. The normalized spacial score (nSPS) is 17.0. The van der Waals surface area contributed by atoms with Crippen molar-refractivity contribution in [2.75, 3.05) is 0 Å². The van der Waals surface area contributed by atoms with E-state index >= 15 is 0 Å². The summed E-state index contributed by atoms with van der Waals surface area (Å²) in [5, 5.41) is 0. The molecule has 16 heteroatoms. The average Bonchev–Trinajstić information content (AvgIpc) is 2.35. The lowest BCUT2D eigenvalue weighted by atomic mass is 9.93. The first-order valence-electron chi connectivity index (χ1n) is 4.97. The summed E-state index contributed by atoms with van der Waals surface area (Å²) in [4.78, 5) is 0. The number of halogens is 14. The van der Waals surface area contributed by atoms with E-state index in [2.05, 4.69) is 11.5 Å². The van der Waals surface area contributed by atoms with Gasteiger partial charge in [0.1, 0.15) is 0 Å². The van der Waals surface area contributed by atoms with E-state index in [1.807, 2.05) is 0 Å². The predicted octanol–water partition coefficient (Wildman–Crippen LogP) is 3.78. The molecule has 0 aliphatic heterocycles. The zero-order chi connectivity index (χ0) is 20.2. The van der Waals surface area contributed by atoms with Crippen LogP contribution in [0.25, 0.3) is 0 Å². The third-order valence-electron chi connectivity index (χ3n) is 2.48. The van der Waals surface area contributed by atoms with Crippen LogP contribution < -0.4 is 11.5 Å². The molecule has 24 heavy (non-hydrogen) atoms. The van der Waals surface area contributed by atoms with Gasteiger partial charge < -0.3 is 5.73 Å². The van der Waals surface area contributed by atoms with Crippen molar-refractivity contribution in [3.05, 3.63) is 11.8 Å². The maximum Gasteiger partial charge on any atom is 0.392 e. The molecule has 0 spiro atoms. The van der Waals surface area contributed by atoms with Gasteiger partial charge in [-0.05, 0) is 0 Å². The van der Waals surface area contributed by atoms with Crippen LogP contribution in [0.5, 0.6) is 0 Å². The minimum absolute atomic E-state index is 3.16. The molecule has 2 nitrogen and oxygen atoms in total. The molecular weight excluding hydrogens is 390 g/mol. The summed E-state index contributed by atoms with van der Waals surface area (Å²) in [5.74, 6) is -46.1. The molecule has 0 unspecified atom stereocenters.